The van der Waals surface area contributed by atoms with E-state index in [0.29, 0.717) is 18.8 Å². The smallest absolute Gasteiger partial charge is 0.237 e. The molecule has 6 nitrogen and oxygen atoms in total. The molecule has 0 aliphatic carbocycles. The van der Waals surface area contributed by atoms with Crippen LogP contribution in [0.15, 0.2) is 12.1 Å². The highest BCUT2D eigenvalue weighted by Gasteiger charge is 2.41. The number of amides is 1. The Hall–Kier alpha value is -1.87. The van der Waals surface area contributed by atoms with Crippen LogP contribution in [0.1, 0.15) is 18.5 Å². The average molecular weight is 292 g/mol. The summed E-state index contributed by atoms with van der Waals surface area (Å²) in [6, 6.07) is 6.01. The first kappa shape index (κ1) is 13.1. The van der Waals surface area contributed by atoms with Gasteiger partial charge in [-0.25, -0.2) is 0 Å². The van der Waals surface area contributed by atoms with Gasteiger partial charge in [0.05, 0.1) is 0 Å². The number of aromatic nitrogens is 2. The fraction of sp³-hybridized carbons (Fsp3) is 0.538. The minimum absolute atomic E-state index is 0.00544. The molecule has 0 N–H and O–H groups in total. The Morgan fingerprint density at radius 3 is 2.55 bits per heavy atom. The number of hydrogen-bond donors (Lipinski definition) is 0. The Kier molecular flexibility index (Phi) is 3.45. The first-order valence-corrected chi connectivity index (χ1v) is 7.12. The average Bonchev–Trinajstić information content (AvgIpc) is 2.76. The lowest BCUT2D eigenvalue weighted by molar-refractivity contribution is -0.129. The molecule has 7 heteroatoms. The van der Waals surface area contributed by atoms with E-state index < -0.39 is 0 Å². The van der Waals surface area contributed by atoms with Crippen LogP contribution in [-0.4, -0.2) is 52.1 Å². The molecule has 2 bridgehead atoms. The van der Waals surface area contributed by atoms with Crippen LogP contribution >= 0.6 is 11.6 Å². The number of nitriles is 1. The predicted molar refractivity (Wildman–Crippen MR) is 73.3 cm³/mol. The van der Waals surface area contributed by atoms with Crippen LogP contribution < -0.4 is 4.90 Å². The van der Waals surface area contributed by atoms with Gasteiger partial charge in [-0.1, -0.05) is 0 Å². The maximum absolute atomic E-state index is 11.7. The number of likely N-dealkylation sites (tertiary alicyclic amines) is 1. The van der Waals surface area contributed by atoms with Crippen LogP contribution in [0, 0.1) is 11.3 Å². The Bertz CT molecular complexity index is 541. The number of anilines is 1. The maximum Gasteiger partial charge on any atom is 0.237 e. The monoisotopic (exact) mass is 291 g/mol. The zero-order chi connectivity index (χ0) is 14.1. The van der Waals surface area contributed by atoms with E-state index in [1.165, 1.54) is 0 Å². The summed E-state index contributed by atoms with van der Waals surface area (Å²) in [6.07, 6.45) is 2.08. The number of alkyl halides is 1. The predicted octanol–water partition coefficient (Wildman–Crippen LogP) is 0.767. The van der Waals surface area contributed by atoms with Gasteiger partial charge in [0, 0.05) is 25.2 Å². The summed E-state index contributed by atoms with van der Waals surface area (Å²) in [6.45, 7) is 1.37. The zero-order valence-electron chi connectivity index (χ0n) is 10.9. The van der Waals surface area contributed by atoms with Crippen molar-refractivity contribution in [2.75, 3.05) is 23.9 Å². The van der Waals surface area contributed by atoms with Crippen molar-refractivity contribution in [1.29, 1.82) is 5.26 Å². The van der Waals surface area contributed by atoms with Gasteiger partial charge in [-0.05, 0) is 25.0 Å². The molecule has 2 aliphatic rings. The first-order chi connectivity index (χ1) is 9.72. The van der Waals surface area contributed by atoms with Crippen LogP contribution in [0.3, 0.4) is 0 Å². The van der Waals surface area contributed by atoms with Crippen molar-refractivity contribution < 1.29 is 4.79 Å². The lowest BCUT2D eigenvalue weighted by Gasteiger charge is -2.41. The van der Waals surface area contributed by atoms with Crippen LogP contribution in [0.5, 0.6) is 0 Å². The number of nitrogens with zero attached hydrogens (tertiary/aromatic N) is 5. The molecular formula is C13H14ClN5O. The second-order valence-electron chi connectivity index (χ2n) is 5.11. The lowest BCUT2D eigenvalue weighted by atomic mass is 10.2. The normalized spacial score (nSPS) is 24.6. The third kappa shape index (κ3) is 2.18. The van der Waals surface area contributed by atoms with Crippen LogP contribution in [0.2, 0.25) is 0 Å². The second-order valence-corrected chi connectivity index (χ2v) is 5.38. The van der Waals surface area contributed by atoms with Gasteiger partial charge in [-0.15, -0.1) is 21.8 Å². The molecule has 0 aromatic carbocycles. The Balaban J connectivity index is 1.80. The van der Waals surface area contributed by atoms with E-state index in [1.54, 1.807) is 6.07 Å². The third-order valence-corrected chi connectivity index (χ3v) is 4.21. The molecule has 0 spiro atoms. The summed E-state index contributed by atoms with van der Waals surface area (Å²) in [5.41, 5.74) is 0.317. The maximum atomic E-state index is 11.7. The van der Waals surface area contributed by atoms with Crippen LogP contribution in [-0.2, 0) is 4.79 Å². The molecule has 2 fully saturated rings. The molecule has 2 unspecified atom stereocenters. The summed E-state index contributed by atoms with van der Waals surface area (Å²) in [7, 11) is 0. The number of piperazine rings is 1. The quantitative estimate of drug-likeness (QED) is 0.753. The summed E-state index contributed by atoms with van der Waals surface area (Å²) in [5, 5.41) is 16.8. The van der Waals surface area contributed by atoms with Crippen molar-refractivity contribution in [3.8, 4) is 6.07 Å². The van der Waals surface area contributed by atoms with E-state index in [0.717, 1.165) is 18.7 Å². The molecular weight excluding hydrogens is 278 g/mol. The first-order valence-electron chi connectivity index (χ1n) is 6.59. The molecule has 0 radical (unpaired) electrons. The molecule has 3 rings (SSSR count). The molecule has 2 atom stereocenters. The summed E-state index contributed by atoms with van der Waals surface area (Å²) >= 11 is 5.63. The van der Waals surface area contributed by atoms with Gasteiger partial charge in [0.25, 0.3) is 0 Å². The largest absolute Gasteiger partial charge is 0.346 e. The van der Waals surface area contributed by atoms with Crippen molar-refractivity contribution in [1.82, 2.24) is 15.1 Å². The Labute approximate surface area is 121 Å². The van der Waals surface area contributed by atoms with E-state index >= 15 is 0 Å². The fourth-order valence-corrected chi connectivity index (χ4v) is 3.26. The van der Waals surface area contributed by atoms with Gasteiger partial charge >= 0.3 is 0 Å². The molecule has 0 saturated carbocycles. The van der Waals surface area contributed by atoms with Gasteiger partial charge < -0.3 is 9.80 Å². The van der Waals surface area contributed by atoms with E-state index in [-0.39, 0.29) is 23.9 Å². The summed E-state index contributed by atoms with van der Waals surface area (Å²) < 4.78 is 0. The standard InChI is InChI=1S/C13H14ClN5O/c14-5-13(20)18-7-10-2-3-11(8-18)19(10)12-4-1-9(6-15)16-17-12/h1,4,10-11H,2-3,5,7-8H2. The third-order valence-electron chi connectivity index (χ3n) is 3.98. The van der Waals surface area contributed by atoms with Crippen molar-refractivity contribution in [3.05, 3.63) is 17.8 Å². The van der Waals surface area contributed by atoms with Gasteiger partial charge in [0.1, 0.15) is 11.9 Å². The van der Waals surface area contributed by atoms with E-state index in [4.69, 9.17) is 16.9 Å². The molecule has 104 valence electrons. The molecule has 1 aromatic rings. The minimum atomic E-state index is -0.00544. The van der Waals surface area contributed by atoms with E-state index in [9.17, 15) is 4.79 Å². The Morgan fingerprint density at radius 1 is 1.35 bits per heavy atom. The Morgan fingerprint density at radius 2 is 2.05 bits per heavy atom. The number of rotatable bonds is 2. The van der Waals surface area contributed by atoms with Crippen molar-refractivity contribution in [2.24, 2.45) is 0 Å². The lowest BCUT2D eigenvalue weighted by Crippen LogP contribution is -2.56. The van der Waals surface area contributed by atoms with Gasteiger partial charge in [0.2, 0.25) is 5.91 Å². The SMILES string of the molecule is N#Cc1ccc(N2C3CCC2CN(C(=O)CCl)C3)nn1. The van der Waals surface area contributed by atoms with Crippen molar-refractivity contribution in [2.45, 2.75) is 24.9 Å². The molecule has 20 heavy (non-hydrogen) atoms. The zero-order valence-corrected chi connectivity index (χ0v) is 11.6. The van der Waals surface area contributed by atoms with Gasteiger partial charge in [0.15, 0.2) is 11.5 Å². The molecule has 1 amide bonds. The highest BCUT2D eigenvalue weighted by Crippen LogP contribution is 2.33. The molecule has 2 aliphatic heterocycles. The molecule has 3 heterocycles. The molecule has 1 aromatic heterocycles. The minimum Gasteiger partial charge on any atom is -0.346 e. The highest BCUT2D eigenvalue weighted by molar-refractivity contribution is 6.27. The van der Waals surface area contributed by atoms with Crippen LogP contribution in [0.4, 0.5) is 5.82 Å². The second kappa shape index (κ2) is 5.25. The highest BCUT2D eigenvalue weighted by atomic mass is 35.5. The number of carbonyl (C=O) groups is 1. The van der Waals surface area contributed by atoms with Crippen molar-refractivity contribution >= 4 is 23.3 Å². The summed E-state index contributed by atoms with van der Waals surface area (Å²) in [5.74, 6) is 0.819. The van der Waals surface area contributed by atoms with E-state index in [1.807, 2.05) is 17.0 Å². The van der Waals surface area contributed by atoms with Gasteiger partial charge in [-0.2, -0.15) is 5.26 Å². The number of halogens is 1. The van der Waals surface area contributed by atoms with Gasteiger partial charge in [-0.3, -0.25) is 4.79 Å². The molecule has 2 saturated heterocycles. The fourth-order valence-electron chi connectivity index (χ4n) is 3.09. The topological polar surface area (TPSA) is 73.1 Å². The summed E-state index contributed by atoms with van der Waals surface area (Å²) in [4.78, 5) is 15.8. The van der Waals surface area contributed by atoms with E-state index in [2.05, 4.69) is 15.1 Å². The number of carbonyl (C=O) groups excluding carboxylic acids is 1. The number of hydrogen-bond acceptors (Lipinski definition) is 5. The van der Waals surface area contributed by atoms with Crippen LogP contribution in [0.25, 0.3) is 0 Å². The number of fused-ring (bicyclic) bond motifs is 2. The van der Waals surface area contributed by atoms with Crippen molar-refractivity contribution in [3.63, 3.8) is 0 Å².